The summed E-state index contributed by atoms with van der Waals surface area (Å²) < 4.78 is 0. The molecule has 0 aliphatic rings. The van der Waals surface area contributed by atoms with Gasteiger partial charge in [0, 0.05) is 16.9 Å². The van der Waals surface area contributed by atoms with Gasteiger partial charge in [0.05, 0.1) is 0 Å². The predicted molar refractivity (Wildman–Crippen MR) is 54.7 cm³/mol. The van der Waals surface area contributed by atoms with Crippen LogP contribution in [0.2, 0.25) is 5.02 Å². The second kappa shape index (κ2) is 4.59. The first-order valence-corrected chi connectivity index (χ1v) is 4.05. The molecule has 0 atom stereocenters. The molecule has 0 amide bonds. The second-order valence-corrected chi connectivity index (χ2v) is 2.79. The highest BCUT2D eigenvalue weighted by molar-refractivity contribution is 6.30. The van der Waals surface area contributed by atoms with Gasteiger partial charge in [-0.2, -0.15) is 0 Å². The molecule has 0 unspecified atom stereocenters. The van der Waals surface area contributed by atoms with Crippen molar-refractivity contribution >= 4 is 17.3 Å². The fourth-order valence-corrected chi connectivity index (χ4v) is 0.941. The molecule has 1 rings (SSSR count). The number of hydrazine groups is 1. The molecule has 4 nitrogen and oxygen atoms in total. The highest BCUT2D eigenvalue weighted by Crippen LogP contribution is 2.13. The Labute approximate surface area is 81.5 Å². The van der Waals surface area contributed by atoms with Gasteiger partial charge in [-0.3, -0.25) is 0 Å². The lowest BCUT2D eigenvalue weighted by atomic mass is 10.3. The minimum atomic E-state index is 0.530. The van der Waals surface area contributed by atoms with E-state index in [9.17, 15) is 0 Å². The number of rotatable bonds is 3. The Balaban J connectivity index is 2.69. The average Bonchev–Trinajstić information content (AvgIpc) is 2.17. The van der Waals surface area contributed by atoms with Crippen molar-refractivity contribution in [3.05, 3.63) is 41.3 Å². The number of hydrogen-bond donors (Lipinski definition) is 4. The SMILES string of the molecule is N/C=C(\NN)Nc1ccc(Cl)cc1. The van der Waals surface area contributed by atoms with E-state index in [-0.39, 0.29) is 0 Å². The fourth-order valence-electron chi connectivity index (χ4n) is 0.815. The Hall–Kier alpha value is -1.39. The second-order valence-electron chi connectivity index (χ2n) is 2.36. The maximum Gasteiger partial charge on any atom is 0.133 e. The lowest BCUT2D eigenvalue weighted by molar-refractivity contribution is 0.886. The monoisotopic (exact) mass is 198 g/mol. The van der Waals surface area contributed by atoms with Gasteiger partial charge < -0.3 is 16.5 Å². The molecular weight excluding hydrogens is 188 g/mol. The van der Waals surface area contributed by atoms with Gasteiger partial charge in [-0.25, -0.2) is 5.84 Å². The Morgan fingerprint density at radius 1 is 1.31 bits per heavy atom. The standard InChI is InChI=1S/C8H11ClN4/c9-6-1-3-7(4-2-6)12-8(5-10)13-11/h1-5,12-13H,10-11H2/b8-5-. The zero-order chi connectivity index (χ0) is 9.68. The Kier molecular flexibility index (Phi) is 3.42. The van der Waals surface area contributed by atoms with Crippen LogP contribution in [-0.4, -0.2) is 0 Å². The third-order valence-corrected chi connectivity index (χ3v) is 1.70. The first kappa shape index (κ1) is 9.70. The third-order valence-electron chi connectivity index (χ3n) is 1.45. The van der Waals surface area contributed by atoms with Crippen LogP contribution in [0.1, 0.15) is 0 Å². The quantitative estimate of drug-likeness (QED) is 0.431. The normalized spacial score (nSPS) is 11.1. The summed E-state index contributed by atoms with van der Waals surface area (Å²) >= 11 is 5.71. The maximum absolute atomic E-state index is 5.71. The number of halogens is 1. The van der Waals surface area contributed by atoms with E-state index in [0.717, 1.165) is 5.69 Å². The molecule has 0 radical (unpaired) electrons. The summed E-state index contributed by atoms with van der Waals surface area (Å²) in [5.74, 6) is 5.70. The molecule has 0 aliphatic carbocycles. The van der Waals surface area contributed by atoms with Crippen molar-refractivity contribution < 1.29 is 0 Å². The lowest BCUT2D eigenvalue weighted by Crippen LogP contribution is -2.27. The minimum Gasteiger partial charge on any atom is -0.402 e. The van der Waals surface area contributed by atoms with E-state index in [1.165, 1.54) is 6.20 Å². The van der Waals surface area contributed by atoms with E-state index in [2.05, 4.69) is 10.7 Å². The smallest absolute Gasteiger partial charge is 0.133 e. The molecule has 70 valence electrons. The highest BCUT2D eigenvalue weighted by atomic mass is 35.5. The van der Waals surface area contributed by atoms with Crippen LogP contribution in [0.5, 0.6) is 0 Å². The molecule has 13 heavy (non-hydrogen) atoms. The van der Waals surface area contributed by atoms with Gasteiger partial charge in [-0.15, -0.1) is 0 Å². The van der Waals surface area contributed by atoms with Crippen LogP contribution in [0, 0.1) is 0 Å². The number of hydrogen-bond acceptors (Lipinski definition) is 4. The predicted octanol–water partition coefficient (Wildman–Crippen LogP) is 0.973. The van der Waals surface area contributed by atoms with Crippen LogP contribution in [-0.2, 0) is 0 Å². The Bertz CT molecular complexity index is 294. The Morgan fingerprint density at radius 2 is 1.92 bits per heavy atom. The van der Waals surface area contributed by atoms with Crippen molar-refractivity contribution in [3.8, 4) is 0 Å². The number of benzene rings is 1. The van der Waals surface area contributed by atoms with Gasteiger partial charge in [0.2, 0.25) is 0 Å². The van der Waals surface area contributed by atoms with Crippen LogP contribution in [0.4, 0.5) is 5.69 Å². The van der Waals surface area contributed by atoms with Gasteiger partial charge in [0.25, 0.3) is 0 Å². The number of nitrogens with two attached hydrogens (primary N) is 2. The number of anilines is 1. The molecule has 0 bridgehead atoms. The molecule has 0 spiro atoms. The van der Waals surface area contributed by atoms with E-state index in [1.807, 2.05) is 12.1 Å². The summed E-state index contributed by atoms with van der Waals surface area (Å²) in [4.78, 5) is 0. The summed E-state index contributed by atoms with van der Waals surface area (Å²) in [6.45, 7) is 0. The van der Waals surface area contributed by atoms with Gasteiger partial charge in [-0.1, -0.05) is 11.6 Å². The molecule has 0 saturated heterocycles. The lowest BCUT2D eigenvalue weighted by Gasteiger charge is -2.08. The maximum atomic E-state index is 5.71. The molecule has 0 aromatic heterocycles. The van der Waals surface area contributed by atoms with Crippen molar-refractivity contribution in [1.82, 2.24) is 5.43 Å². The van der Waals surface area contributed by atoms with Crippen molar-refractivity contribution in [3.63, 3.8) is 0 Å². The molecule has 0 aliphatic heterocycles. The average molecular weight is 199 g/mol. The molecule has 1 aromatic rings. The minimum absolute atomic E-state index is 0.530. The molecule has 6 N–H and O–H groups in total. The van der Waals surface area contributed by atoms with Crippen molar-refractivity contribution in [2.45, 2.75) is 0 Å². The van der Waals surface area contributed by atoms with Crippen LogP contribution in [0.25, 0.3) is 0 Å². The summed E-state index contributed by atoms with van der Waals surface area (Å²) in [5, 5.41) is 3.63. The zero-order valence-electron chi connectivity index (χ0n) is 6.92. The Morgan fingerprint density at radius 3 is 2.38 bits per heavy atom. The molecule has 0 saturated carbocycles. The van der Waals surface area contributed by atoms with Gasteiger partial charge >= 0.3 is 0 Å². The van der Waals surface area contributed by atoms with E-state index in [0.29, 0.717) is 10.8 Å². The van der Waals surface area contributed by atoms with Crippen LogP contribution in [0.3, 0.4) is 0 Å². The van der Waals surface area contributed by atoms with E-state index in [1.54, 1.807) is 12.1 Å². The van der Waals surface area contributed by atoms with E-state index < -0.39 is 0 Å². The molecule has 1 aromatic carbocycles. The third kappa shape index (κ3) is 2.85. The first-order chi connectivity index (χ1) is 6.26. The molecule has 0 heterocycles. The van der Waals surface area contributed by atoms with Gasteiger partial charge in [0.15, 0.2) is 0 Å². The number of nitrogens with one attached hydrogen (secondary N) is 2. The van der Waals surface area contributed by atoms with E-state index >= 15 is 0 Å². The molecular formula is C8H11ClN4. The van der Waals surface area contributed by atoms with Crippen molar-refractivity contribution in [2.24, 2.45) is 11.6 Å². The summed E-state index contributed by atoms with van der Waals surface area (Å²) in [6, 6.07) is 7.19. The van der Waals surface area contributed by atoms with Crippen molar-refractivity contribution in [1.29, 1.82) is 0 Å². The molecule has 5 heteroatoms. The topological polar surface area (TPSA) is 76.1 Å². The van der Waals surface area contributed by atoms with Gasteiger partial charge in [0.1, 0.15) is 5.82 Å². The van der Waals surface area contributed by atoms with Crippen LogP contribution < -0.4 is 22.3 Å². The molecule has 0 fully saturated rings. The summed E-state index contributed by atoms with van der Waals surface area (Å²) in [6.07, 6.45) is 1.34. The van der Waals surface area contributed by atoms with Crippen LogP contribution in [0.15, 0.2) is 36.3 Å². The fraction of sp³-hybridized carbons (Fsp3) is 0. The zero-order valence-corrected chi connectivity index (χ0v) is 7.68. The van der Waals surface area contributed by atoms with Crippen LogP contribution >= 0.6 is 11.6 Å². The van der Waals surface area contributed by atoms with E-state index in [4.69, 9.17) is 23.2 Å². The summed E-state index contributed by atoms with van der Waals surface area (Å²) in [7, 11) is 0. The van der Waals surface area contributed by atoms with Gasteiger partial charge in [-0.05, 0) is 24.3 Å². The van der Waals surface area contributed by atoms with Crippen molar-refractivity contribution in [2.75, 3.05) is 5.32 Å². The first-order valence-electron chi connectivity index (χ1n) is 3.67. The highest BCUT2D eigenvalue weighted by Gasteiger charge is 1.94. The largest absolute Gasteiger partial charge is 0.402 e. The summed E-state index contributed by atoms with van der Waals surface area (Å²) in [5.41, 5.74) is 8.53.